The average molecular weight is 963 g/mol. The van der Waals surface area contributed by atoms with E-state index in [0.717, 1.165) is 25.7 Å². The van der Waals surface area contributed by atoms with Gasteiger partial charge in [-0.05, 0) is 200 Å². The predicted octanol–water partition coefficient (Wildman–Crippen LogP) is 21.4. The van der Waals surface area contributed by atoms with Crippen LogP contribution < -0.4 is 9.80 Å². The van der Waals surface area contributed by atoms with E-state index in [-0.39, 0.29) is 10.8 Å². The summed E-state index contributed by atoms with van der Waals surface area (Å²) in [4.78, 5) is 4.97. The number of nitrogens with zero attached hydrogens (tertiary/aromatic N) is 2. The number of benzene rings is 10. The molecule has 0 heterocycles. The second-order valence-corrected chi connectivity index (χ2v) is 21.6. The van der Waals surface area contributed by atoms with Crippen LogP contribution in [-0.2, 0) is 10.8 Å². The van der Waals surface area contributed by atoms with Gasteiger partial charge in [0.25, 0.3) is 0 Å². The van der Waals surface area contributed by atoms with Crippen molar-refractivity contribution in [3.05, 3.63) is 229 Å². The number of hydrogen-bond donors (Lipinski definition) is 0. The Morgan fingerprint density at radius 2 is 0.581 bits per heavy atom. The molecule has 74 heavy (non-hydrogen) atoms. The molecular weight excluding hydrogens is 893 g/mol. The van der Waals surface area contributed by atoms with Gasteiger partial charge in [0.05, 0.1) is 0 Å². The molecule has 0 saturated heterocycles. The lowest BCUT2D eigenvalue weighted by Crippen LogP contribution is -2.26. The zero-order chi connectivity index (χ0) is 50.2. The molecule has 0 unspecified atom stereocenters. The SMILES string of the molecule is CCCCC1(CCCC)c2cc(N(c3ccccc3)c3ccc4ccccc4c3)ccc2-c2cc3cc4c(cc3cc21)-c1ccc(N(c2ccccc2)c2ccc3ccccc3c2)cc1C4(CCCC)CCCC. The minimum atomic E-state index is -0.0892. The Labute approximate surface area is 440 Å². The summed E-state index contributed by atoms with van der Waals surface area (Å²) in [6.45, 7) is 9.48. The van der Waals surface area contributed by atoms with Crippen LogP contribution in [0.25, 0.3) is 54.6 Å². The molecule has 0 aliphatic heterocycles. The van der Waals surface area contributed by atoms with Gasteiger partial charge in [0.15, 0.2) is 0 Å². The van der Waals surface area contributed by atoms with Crippen molar-refractivity contribution in [3.8, 4) is 22.3 Å². The van der Waals surface area contributed by atoms with Crippen LogP contribution in [-0.4, -0.2) is 0 Å². The molecule has 10 aromatic carbocycles. The first-order chi connectivity index (χ1) is 36.5. The van der Waals surface area contributed by atoms with E-state index in [2.05, 4.69) is 244 Å². The Kier molecular flexibility index (Phi) is 12.9. The molecule has 0 N–H and O–H groups in total. The van der Waals surface area contributed by atoms with E-state index in [9.17, 15) is 0 Å². The second kappa shape index (κ2) is 20.1. The van der Waals surface area contributed by atoms with E-state index >= 15 is 0 Å². The first-order valence-electron chi connectivity index (χ1n) is 28.1. The standard InChI is InChI=1S/C72H70N2/c1-5-9-39-71(40-10-6-2)67-47-55-46-66-64-38-36-62(74(58-29-17-14-18-30-58)60-34-32-52-24-20-22-26-54(52)44-60)50-70(64)72(41-11-7-3,42-12-8-4)68(66)48-56(55)45-65(67)63-37-35-61(49-69(63)71)73(57-27-15-13-16-28-57)59-33-31-51-23-19-21-25-53(51)43-59/h13-38,43-50H,5-12,39-42H2,1-4H3. The fourth-order valence-electron chi connectivity index (χ4n) is 13.4. The summed E-state index contributed by atoms with van der Waals surface area (Å²) in [7, 11) is 0. The molecule has 0 radical (unpaired) electrons. The van der Waals surface area contributed by atoms with E-state index in [1.165, 1.54) is 162 Å². The van der Waals surface area contributed by atoms with Crippen molar-refractivity contribution >= 4 is 66.4 Å². The Morgan fingerprint density at radius 3 is 0.959 bits per heavy atom. The second-order valence-electron chi connectivity index (χ2n) is 21.6. The largest absolute Gasteiger partial charge is 0.310 e. The van der Waals surface area contributed by atoms with Crippen LogP contribution in [0.4, 0.5) is 34.1 Å². The van der Waals surface area contributed by atoms with Gasteiger partial charge in [0.1, 0.15) is 0 Å². The number of para-hydroxylation sites is 2. The first-order valence-corrected chi connectivity index (χ1v) is 28.1. The van der Waals surface area contributed by atoms with Crippen molar-refractivity contribution in [2.45, 2.75) is 116 Å². The predicted molar refractivity (Wildman–Crippen MR) is 319 cm³/mol. The molecule has 0 bridgehead atoms. The van der Waals surface area contributed by atoms with E-state index in [4.69, 9.17) is 0 Å². The molecule has 0 aromatic heterocycles. The van der Waals surface area contributed by atoms with Gasteiger partial charge in [-0.3, -0.25) is 0 Å². The van der Waals surface area contributed by atoms with Crippen LogP contribution >= 0.6 is 0 Å². The maximum atomic E-state index is 2.66. The maximum absolute atomic E-state index is 2.66. The third kappa shape index (κ3) is 8.19. The van der Waals surface area contributed by atoms with Crippen LogP contribution in [0.2, 0.25) is 0 Å². The van der Waals surface area contributed by atoms with Crippen LogP contribution in [0.5, 0.6) is 0 Å². The monoisotopic (exact) mass is 963 g/mol. The van der Waals surface area contributed by atoms with Crippen LogP contribution in [0.1, 0.15) is 127 Å². The molecule has 2 heteroatoms. The first kappa shape index (κ1) is 47.6. The van der Waals surface area contributed by atoms with E-state index in [0.29, 0.717) is 0 Å². The van der Waals surface area contributed by atoms with Gasteiger partial charge in [-0.15, -0.1) is 0 Å². The lowest BCUT2D eigenvalue weighted by molar-refractivity contribution is 0.414. The molecule has 2 aliphatic carbocycles. The fourth-order valence-corrected chi connectivity index (χ4v) is 13.4. The summed E-state index contributed by atoms with van der Waals surface area (Å²) in [5, 5.41) is 7.77. The normalized spacial score (nSPS) is 13.7. The average Bonchev–Trinajstić information content (AvgIpc) is 3.86. The summed E-state index contributed by atoms with van der Waals surface area (Å²) < 4.78 is 0. The van der Waals surface area contributed by atoms with Crippen LogP contribution in [0.3, 0.4) is 0 Å². The van der Waals surface area contributed by atoms with E-state index < -0.39 is 0 Å². The highest BCUT2D eigenvalue weighted by Crippen LogP contribution is 2.60. The number of rotatable bonds is 18. The lowest BCUT2D eigenvalue weighted by atomic mass is 9.69. The molecule has 0 amide bonds. The molecule has 10 aromatic rings. The molecule has 2 aliphatic rings. The van der Waals surface area contributed by atoms with Crippen molar-refractivity contribution in [3.63, 3.8) is 0 Å². The van der Waals surface area contributed by atoms with Gasteiger partial charge in [0, 0.05) is 45.0 Å². The zero-order valence-corrected chi connectivity index (χ0v) is 44.0. The molecule has 0 saturated carbocycles. The summed E-state index contributed by atoms with van der Waals surface area (Å²) >= 11 is 0. The van der Waals surface area contributed by atoms with E-state index in [1.54, 1.807) is 0 Å². The third-order valence-electron chi connectivity index (χ3n) is 17.1. The van der Waals surface area contributed by atoms with Gasteiger partial charge in [-0.25, -0.2) is 0 Å². The summed E-state index contributed by atoms with van der Waals surface area (Å²) in [5.74, 6) is 0. The van der Waals surface area contributed by atoms with Gasteiger partial charge in [-0.1, -0.05) is 188 Å². The fraction of sp³-hybridized carbons (Fsp3) is 0.250. The Morgan fingerprint density at radius 1 is 0.257 bits per heavy atom. The molecule has 0 fully saturated rings. The molecule has 0 spiro atoms. The zero-order valence-electron chi connectivity index (χ0n) is 44.0. The molecule has 368 valence electrons. The minimum absolute atomic E-state index is 0.0892. The van der Waals surface area contributed by atoms with Gasteiger partial charge >= 0.3 is 0 Å². The number of unbranched alkanes of at least 4 members (excludes halogenated alkanes) is 4. The Balaban J connectivity index is 1.04. The van der Waals surface area contributed by atoms with Crippen molar-refractivity contribution in [1.29, 1.82) is 0 Å². The summed E-state index contributed by atoms with van der Waals surface area (Å²) in [6, 6.07) is 78.9. The lowest BCUT2D eigenvalue weighted by Gasteiger charge is -2.34. The highest BCUT2D eigenvalue weighted by molar-refractivity contribution is 6.00. The number of hydrogen-bond acceptors (Lipinski definition) is 2. The topological polar surface area (TPSA) is 6.48 Å². The molecule has 2 nitrogen and oxygen atoms in total. The van der Waals surface area contributed by atoms with Crippen LogP contribution in [0, 0.1) is 0 Å². The molecular formula is C72H70N2. The smallest absolute Gasteiger partial charge is 0.0468 e. The van der Waals surface area contributed by atoms with Gasteiger partial charge in [-0.2, -0.15) is 0 Å². The van der Waals surface area contributed by atoms with Gasteiger partial charge < -0.3 is 9.80 Å². The molecule has 12 rings (SSSR count). The van der Waals surface area contributed by atoms with Crippen molar-refractivity contribution in [2.24, 2.45) is 0 Å². The Hall–Kier alpha value is -7.42. The highest BCUT2D eigenvalue weighted by Gasteiger charge is 2.45. The number of fused-ring (bicyclic) bond motifs is 9. The van der Waals surface area contributed by atoms with Crippen LogP contribution in [0.15, 0.2) is 206 Å². The van der Waals surface area contributed by atoms with Gasteiger partial charge in [0.2, 0.25) is 0 Å². The maximum Gasteiger partial charge on any atom is 0.0468 e. The van der Waals surface area contributed by atoms with Crippen molar-refractivity contribution < 1.29 is 0 Å². The van der Waals surface area contributed by atoms with Crippen molar-refractivity contribution in [2.75, 3.05) is 9.80 Å². The Bertz CT molecular complexity index is 3390. The quantitative estimate of drug-likeness (QED) is 0.0845. The molecule has 0 atom stereocenters. The minimum Gasteiger partial charge on any atom is -0.310 e. The summed E-state index contributed by atoms with van der Waals surface area (Å²) in [6.07, 6.45) is 14.0. The third-order valence-corrected chi connectivity index (χ3v) is 17.1. The highest BCUT2D eigenvalue weighted by atomic mass is 15.1. The van der Waals surface area contributed by atoms with Crippen molar-refractivity contribution in [1.82, 2.24) is 0 Å². The van der Waals surface area contributed by atoms with E-state index in [1.807, 2.05) is 0 Å². The number of anilines is 6. The summed E-state index contributed by atoms with van der Waals surface area (Å²) in [5.41, 5.74) is 18.7.